The van der Waals surface area contributed by atoms with Crippen LogP contribution in [0.1, 0.15) is 5.69 Å². The lowest BCUT2D eigenvalue weighted by Crippen LogP contribution is -2.37. The third-order valence-corrected chi connectivity index (χ3v) is 6.60. The molecule has 0 aliphatic carbocycles. The second-order valence-electron chi connectivity index (χ2n) is 9.05. The van der Waals surface area contributed by atoms with Crippen molar-refractivity contribution < 1.29 is 23.7 Å². The predicted molar refractivity (Wildman–Crippen MR) is 152 cm³/mol. The normalized spacial score (nSPS) is 11.7. The fourth-order valence-electron chi connectivity index (χ4n) is 4.61. The van der Waals surface area contributed by atoms with Gasteiger partial charge >= 0.3 is 0 Å². The van der Waals surface area contributed by atoms with E-state index in [4.69, 9.17) is 24.7 Å². The van der Waals surface area contributed by atoms with E-state index in [-0.39, 0.29) is 5.91 Å². The van der Waals surface area contributed by atoms with Gasteiger partial charge in [0, 0.05) is 28.8 Å². The van der Waals surface area contributed by atoms with E-state index in [1.165, 1.54) is 7.11 Å². The van der Waals surface area contributed by atoms with E-state index in [1.807, 2.05) is 36.4 Å². The van der Waals surface area contributed by atoms with Gasteiger partial charge in [-0.2, -0.15) is 0 Å². The zero-order valence-electron chi connectivity index (χ0n) is 22.6. The second-order valence-corrected chi connectivity index (χ2v) is 9.05. The molecule has 0 bridgehead atoms. The summed E-state index contributed by atoms with van der Waals surface area (Å²) >= 11 is 0. The van der Waals surface area contributed by atoms with Crippen LogP contribution >= 0.6 is 0 Å². The molecule has 0 spiro atoms. The molecule has 0 radical (unpaired) electrons. The van der Waals surface area contributed by atoms with E-state index in [0.717, 1.165) is 16.6 Å². The number of nitrogens with two attached hydrogens (primary N) is 1. The molecule has 11 heteroatoms. The quantitative estimate of drug-likeness (QED) is 0.205. The number of hydrogen-bond acceptors (Lipinski definition) is 8. The molecular formula is C29H30N6O5. The molecule has 206 valence electrons. The van der Waals surface area contributed by atoms with E-state index in [2.05, 4.69) is 25.7 Å². The number of aromatic amines is 2. The van der Waals surface area contributed by atoms with Crippen molar-refractivity contribution in [1.29, 1.82) is 0 Å². The highest BCUT2D eigenvalue weighted by Crippen LogP contribution is 2.42. The van der Waals surface area contributed by atoms with Crippen molar-refractivity contribution in [1.82, 2.24) is 20.4 Å². The number of para-hydroxylation sites is 1. The number of rotatable bonds is 10. The number of anilines is 1. The molecule has 0 aliphatic rings. The van der Waals surface area contributed by atoms with Gasteiger partial charge in [0.15, 0.2) is 11.5 Å². The van der Waals surface area contributed by atoms with Crippen molar-refractivity contribution in [2.45, 2.75) is 12.5 Å². The third kappa shape index (κ3) is 5.14. The molecule has 1 atom stereocenters. The number of methoxy groups -OCH3 is 4. The Labute approximate surface area is 230 Å². The summed E-state index contributed by atoms with van der Waals surface area (Å²) in [7, 11) is 6.17. The van der Waals surface area contributed by atoms with Gasteiger partial charge in [-0.1, -0.05) is 23.4 Å². The van der Waals surface area contributed by atoms with Crippen LogP contribution in [0.2, 0.25) is 0 Å². The largest absolute Gasteiger partial charge is 0.495 e. The summed E-state index contributed by atoms with van der Waals surface area (Å²) in [4.78, 5) is 16.4. The molecule has 5 rings (SSSR count). The molecule has 0 saturated heterocycles. The van der Waals surface area contributed by atoms with Crippen molar-refractivity contribution in [3.8, 4) is 45.5 Å². The number of benzene rings is 3. The van der Waals surface area contributed by atoms with Gasteiger partial charge in [-0.05, 0) is 47.9 Å². The minimum absolute atomic E-state index is 0.346. The average molecular weight is 543 g/mol. The number of amides is 1. The van der Waals surface area contributed by atoms with Gasteiger partial charge < -0.3 is 35.0 Å². The molecule has 2 heterocycles. The molecule has 5 N–H and O–H groups in total. The Hall–Kier alpha value is -5.03. The molecule has 11 nitrogen and oxygen atoms in total. The Morgan fingerprint density at radius 2 is 1.62 bits per heavy atom. The Bertz CT molecular complexity index is 1600. The van der Waals surface area contributed by atoms with Gasteiger partial charge in [-0.15, -0.1) is 5.10 Å². The predicted octanol–water partition coefficient (Wildman–Crippen LogP) is 4.16. The molecule has 40 heavy (non-hydrogen) atoms. The zero-order chi connectivity index (χ0) is 28.2. The molecule has 1 unspecified atom stereocenters. The minimum Gasteiger partial charge on any atom is -0.495 e. The summed E-state index contributed by atoms with van der Waals surface area (Å²) in [5, 5.41) is 15.3. The minimum atomic E-state index is -0.787. The number of H-pyrrole nitrogens is 2. The highest BCUT2D eigenvalue weighted by atomic mass is 16.5. The monoisotopic (exact) mass is 542 g/mol. The first-order valence-electron chi connectivity index (χ1n) is 12.5. The van der Waals surface area contributed by atoms with Crippen LogP contribution in [0, 0.1) is 0 Å². The maximum atomic E-state index is 13.1. The number of carbonyl (C=O) groups excluding carboxylic acids is 1. The fourth-order valence-corrected chi connectivity index (χ4v) is 4.61. The number of aromatic nitrogens is 4. The fraction of sp³-hybridized carbons (Fsp3) is 0.207. The lowest BCUT2D eigenvalue weighted by Gasteiger charge is -2.16. The van der Waals surface area contributed by atoms with E-state index in [9.17, 15) is 4.79 Å². The molecule has 1 amide bonds. The van der Waals surface area contributed by atoms with Gasteiger partial charge in [0.25, 0.3) is 0 Å². The van der Waals surface area contributed by atoms with Gasteiger partial charge in [-0.25, -0.2) is 0 Å². The molecule has 0 aliphatic heterocycles. The second kappa shape index (κ2) is 11.4. The summed E-state index contributed by atoms with van der Waals surface area (Å²) < 4.78 is 21.9. The Kier molecular flexibility index (Phi) is 7.56. The first kappa shape index (κ1) is 26.6. The number of fused-ring (bicyclic) bond motifs is 1. The maximum absolute atomic E-state index is 13.1. The van der Waals surface area contributed by atoms with Crippen LogP contribution in [-0.4, -0.2) is 60.8 Å². The van der Waals surface area contributed by atoms with Crippen LogP contribution in [-0.2, 0) is 11.2 Å². The van der Waals surface area contributed by atoms with Gasteiger partial charge in [0.1, 0.15) is 11.4 Å². The number of nitrogens with zero attached hydrogens (tertiary/aromatic N) is 2. The summed E-state index contributed by atoms with van der Waals surface area (Å²) in [5.41, 5.74) is 11.2. The van der Waals surface area contributed by atoms with Crippen molar-refractivity contribution in [3.63, 3.8) is 0 Å². The molecule has 2 aromatic heterocycles. The van der Waals surface area contributed by atoms with Crippen LogP contribution in [0.5, 0.6) is 23.0 Å². The lowest BCUT2D eigenvalue weighted by atomic mass is 10.0. The molecule has 0 fully saturated rings. The van der Waals surface area contributed by atoms with E-state index in [0.29, 0.717) is 57.6 Å². The summed E-state index contributed by atoms with van der Waals surface area (Å²) in [6.07, 6.45) is 0.346. The molecule has 3 aromatic carbocycles. The van der Waals surface area contributed by atoms with Crippen LogP contribution in [0.3, 0.4) is 0 Å². The van der Waals surface area contributed by atoms with Crippen molar-refractivity contribution >= 4 is 22.5 Å². The number of hydrogen-bond donors (Lipinski definition) is 4. The highest BCUT2D eigenvalue weighted by molar-refractivity contribution is 5.97. The van der Waals surface area contributed by atoms with Gasteiger partial charge in [-0.3, -0.25) is 9.89 Å². The average Bonchev–Trinajstić information content (AvgIpc) is 3.63. The van der Waals surface area contributed by atoms with Crippen LogP contribution < -0.4 is 30.0 Å². The smallest absolute Gasteiger partial charge is 0.241 e. The van der Waals surface area contributed by atoms with Crippen molar-refractivity contribution in [2.75, 3.05) is 33.8 Å². The molecule has 0 saturated carbocycles. The standard InChI is InChI=1S/C29H30N6O5/c1-37-23-10-9-17(26-27(34-35-33-26)18-13-24(38-2)28(40-4)25(14-18)39-3)12-22(23)32-29(36)20(30)15-19-11-16-7-5-6-8-21(16)31-19/h5-14,20,31H,15,30H2,1-4H3,(H,32,36)(H,33,34,35). The Balaban J connectivity index is 1.42. The zero-order valence-corrected chi connectivity index (χ0v) is 22.6. The lowest BCUT2D eigenvalue weighted by molar-refractivity contribution is -0.117. The summed E-state index contributed by atoms with van der Waals surface area (Å²) in [6, 6.07) is 18.1. The highest BCUT2D eigenvalue weighted by Gasteiger charge is 2.21. The SMILES string of the molecule is COc1ccc(-c2[nH]nnc2-c2cc(OC)c(OC)c(OC)c2)cc1NC(=O)C(N)Cc1cc2ccccc2[nH]1. The summed E-state index contributed by atoms with van der Waals surface area (Å²) in [6.45, 7) is 0. The van der Waals surface area contributed by atoms with E-state index >= 15 is 0 Å². The first-order valence-corrected chi connectivity index (χ1v) is 12.5. The van der Waals surface area contributed by atoms with E-state index < -0.39 is 6.04 Å². The Morgan fingerprint density at radius 3 is 2.30 bits per heavy atom. The van der Waals surface area contributed by atoms with Crippen LogP contribution in [0.4, 0.5) is 5.69 Å². The molecule has 5 aromatic rings. The van der Waals surface area contributed by atoms with Crippen LogP contribution in [0.15, 0.2) is 60.7 Å². The Morgan fingerprint density at radius 1 is 0.900 bits per heavy atom. The number of ether oxygens (including phenoxy) is 4. The molecular weight excluding hydrogens is 512 g/mol. The first-order chi connectivity index (χ1) is 19.4. The topological polar surface area (TPSA) is 149 Å². The van der Waals surface area contributed by atoms with E-state index in [1.54, 1.807) is 45.6 Å². The van der Waals surface area contributed by atoms with Gasteiger partial charge in [0.2, 0.25) is 11.7 Å². The van der Waals surface area contributed by atoms with Gasteiger partial charge in [0.05, 0.1) is 45.9 Å². The van der Waals surface area contributed by atoms with Crippen molar-refractivity contribution in [2.24, 2.45) is 5.73 Å². The number of carbonyl (C=O) groups is 1. The third-order valence-electron chi connectivity index (χ3n) is 6.60. The summed E-state index contributed by atoms with van der Waals surface area (Å²) in [5.74, 6) is 1.57. The number of nitrogens with one attached hydrogen (secondary N) is 3. The van der Waals surface area contributed by atoms with Crippen molar-refractivity contribution in [3.05, 3.63) is 66.4 Å². The van der Waals surface area contributed by atoms with Crippen LogP contribution in [0.25, 0.3) is 33.4 Å². The maximum Gasteiger partial charge on any atom is 0.241 e.